The largest absolute Gasteiger partial charge is 0.386 e. The maximum absolute atomic E-state index is 11.3. The number of aromatic nitrogens is 1. The highest BCUT2D eigenvalue weighted by Gasteiger charge is 2.45. The average molecular weight is 298 g/mol. The Labute approximate surface area is 122 Å². The van der Waals surface area contributed by atoms with Gasteiger partial charge in [-0.2, -0.15) is 0 Å². The van der Waals surface area contributed by atoms with E-state index in [-0.39, 0.29) is 0 Å². The van der Waals surface area contributed by atoms with Gasteiger partial charge in [-0.05, 0) is 25.7 Å². The zero-order chi connectivity index (χ0) is 14.1. The lowest BCUT2D eigenvalue weighted by molar-refractivity contribution is 0.100. The smallest absolute Gasteiger partial charge is 0.121 e. The molecule has 1 aromatic heterocycles. The van der Waals surface area contributed by atoms with E-state index in [0.717, 1.165) is 24.3 Å². The minimum Gasteiger partial charge on any atom is -0.386 e. The summed E-state index contributed by atoms with van der Waals surface area (Å²) in [6.45, 7) is 9.02. The standard InChI is InChI=1S/C15H27NOSSi/c1-5-6-7-11-15(17,19(2,3)4)14-16-12-9-8-10-13(12)18-14/h17H,5-11H2,1-4H3. The number of hydrogen-bond donors (Lipinski definition) is 1. The van der Waals surface area contributed by atoms with Gasteiger partial charge in [0, 0.05) is 4.88 Å². The van der Waals surface area contributed by atoms with Gasteiger partial charge in [-0.1, -0.05) is 45.8 Å². The van der Waals surface area contributed by atoms with Gasteiger partial charge in [0.2, 0.25) is 0 Å². The lowest BCUT2D eigenvalue weighted by Crippen LogP contribution is -2.49. The molecule has 1 unspecified atom stereocenters. The molecule has 0 aliphatic heterocycles. The van der Waals surface area contributed by atoms with Crippen LogP contribution >= 0.6 is 11.3 Å². The monoisotopic (exact) mass is 297 g/mol. The Hall–Kier alpha value is -0.193. The van der Waals surface area contributed by atoms with Crippen LogP contribution in [-0.2, 0) is 18.1 Å². The van der Waals surface area contributed by atoms with Crippen molar-refractivity contribution in [3.05, 3.63) is 15.6 Å². The van der Waals surface area contributed by atoms with E-state index in [1.807, 2.05) is 0 Å². The van der Waals surface area contributed by atoms with Crippen LogP contribution in [0.1, 0.15) is 54.6 Å². The fraction of sp³-hybridized carbons (Fsp3) is 0.800. The average Bonchev–Trinajstić information content (AvgIpc) is 2.87. The van der Waals surface area contributed by atoms with E-state index in [4.69, 9.17) is 4.98 Å². The Morgan fingerprint density at radius 2 is 2.00 bits per heavy atom. The topological polar surface area (TPSA) is 33.1 Å². The molecular weight excluding hydrogens is 270 g/mol. The maximum Gasteiger partial charge on any atom is 0.121 e. The molecule has 0 radical (unpaired) electrons. The third kappa shape index (κ3) is 2.95. The number of fused-ring (bicyclic) bond motifs is 1. The van der Waals surface area contributed by atoms with Crippen molar-refractivity contribution in [2.45, 2.75) is 76.7 Å². The maximum atomic E-state index is 11.3. The quantitative estimate of drug-likeness (QED) is 0.628. The van der Waals surface area contributed by atoms with Gasteiger partial charge in [0.05, 0.1) is 13.8 Å². The van der Waals surface area contributed by atoms with Crippen LogP contribution in [0.4, 0.5) is 0 Å². The van der Waals surface area contributed by atoms with Gasteiger partial charge >= 0.3 is 0 Å². The highest BCUT2D eigenvalue weighted by Crippen LogP contribution is 2.41. The van der Waals surface area contributed by atoms with Crippen LogP contribution in [0.5, 0.6) is 0 Å². The molecule has 108 valence electrons. The Balaban J connectivity index is 2.26. The molecule has 0 amide bonds. The summed E-state index contributed by atoms with van der Waals surface area (Å²) >= 11 is 1.79. The van der Waals surface area contributed by atoms with E-state index in [2.05, 4.69) is 26.6 Å². The van der Waals surface area contributed by atoms with Gasteiger partial charge in [-0.25, -0.2) is 4.98 Å². The summed E-state index contributed by atoms with van der Waals surface area (Å²) in [5.74, 6) is 0. The second-order valence-electron chi connectivity index (χ2n) is 6.81. The Kier molecular flexibility index (Phi) is 4.53. The first kappa shape index (κ1) is 15.2. The second-order valence-corrected chi connectivity index (χ2v) is 13.2. The van der Waals surface area contributed by atoms with Gasteiger partial charge in [0.1, 0.15) is 10.2 Å². The summed E-state index contributed by atoms with van der Waals surface area (Å²) in [4.78, 5) is 6.24. The van der Waals surface area contributed by atoms with Gasteiger partial charge in [-0.15, -0.1) is 11.3 Å². The van der Waals surface area contributed by atoms with Gasteiger partial charge in [-0.3, -0.25) is 0 Å². The predicted octanol–water partition coefficient (Wildman–Crippen LogP) is 4.28. The van der Waals surface area contributed by atoms with Gasteiger partial charge in [0.25, 0.3) is 0 Å². The van der Waals surface area contributed by atoms with Crippen LogP contribution in [0, 0.1) is 0 Å². The molecule has 1 aromatic rings. The fourth-order valence-corrected chi connectivity index (χ4v) is 6.67. The molecule has 2 rings (SSSR count). The summed E-state index contributed by atoms with van der Waals surface area (Å²) in [6, 6.07) is 0. The first-order chi connectivity index (χ1) is 8.88. The van der Waals surface area contributed by atoms with Crippen molar-refractivity contribution in [3.8, 4) is 0 Å². The van der Waals surface area contributed by atoms with Crippen molar-refractivity contribution >= 4 is 19.4 Å². The lowest BCUT2D eigenvalue weighted by atomic mass is 10.1. The molecule has 1 aliphatic rings. The predicted molar refractivity (Wildman–Crippen MR) is 85.5 cm³/mol. The third-order valence-electron chi connectivity index (χ3n) is 4.33. The van der Waals surface area contributed by atoms with Crippen LogP contribution in [0.3, 0.4) is 0 Å². The van der Waals surface area contributed by atoms with Gasteiger partial charge < -0.3 is 5.11 Å². The zero-order valence-corrected chi connectivity index (χ0v) is 14.6. The van der Waals surface area contributed by atoms with Crippen LogP contribution < -0.4 is 0 Å². The molecule has 19 heavy (non-hydrogen) atoms. The molecule has 0 saturated carbocycles. The minimum atomic E-state index is -1.70. The molecule has 0 spiro atoms. The van der Waals surface area contributed by atoms with E-state index < -0.39 is 13.3 Å². The highest BCUT2D eigenvalue weighted by molar-refractivity contribution is 7.12. The van der Waals surface area contributed by atoms with Crippen molar-refractivity contribution in [1.29, 1.82) is 0 Å². The fourth-order valence-electron chi connectivity index (χ4n) is 2.80. The Morgan fingerprint density at radius 3 is 2.58 bits per heavy atom. The van der Waals surface area contributed by atoms with Crippen LogP contribution in [0.25, 0.3) is 0 Å². The molecule has 0 aromatic carbocycles. The molecular formula is C15H27NOSSi. The van der Waals surface area contributed by atoms with Crippen molar-refractivity contribution < 1.29 is 5.11 Å². The van der Waals surface area contributed by atoms with E-state index in [1.165, 1.54) is 36.3 Å². The molecule has 0 bridgehead atoms. The van der Waals surface area contributed by atoms with Gasteiger partial charge in [0.15, 0.2) is 0 Å². The molecule has 1 atom stereocenters. The summed E-state index contributed by atoms with van der Waals surface area (Å²) in [5, 5.41) is 11.7. The van der Waals surface area contributed by atoms with Crippen LogP contribution in [0.15, 0.2) is 0 Å². The number of thiazole rings is 1. The minimum absolute atomic E-state index is 0.628. The van der Waals surface area contributed by atoms with E-state index in [9.17, 15) is 5.11 Å². The number of rotatable bonds is 6. The molecule has 2 nitrogen and oxygen atoms in total. The Bertz CT molecular complexity index is 416. The number of unbranched alkanes of at least 4 members (excludes halogenated alkanes) is 2. The van der Waals surface area contributed by atoms with Crippen molar-refractivity contribution in [3.63, 3.8) is 0 Å². The third-order valence-corrected chi connectivity index (χ3v) is 8.79. The number of nitrogens with zero attached hydrogens (tertiary/aromatic N) is 1. The van der Waals surface area contributed by atoms with Crippen molar-refractivity contribution in [1.82, 2.24) is 4.98 Å². The molecule has 0 saturated heterocycles. The number of aryl methyl sites for hydroxylation is 2. The van der Waals surface area contributed by atoms with Crippen molar-refractivity contribution in [2.75, 3.05) is 0 Å². The molecule has 1 heterocycles. The SMILES string of the molecule is CCCCCC(O)(c1nc2c(s1)CCC2)[Si](C)(C)C. The number of aliphatic hydroxyl groups is 1. The Morgan fingerprint density at radius 1 is 1.26 bits per heavy atom. The number of hydrogen-bond acceptors (Lipinski definition) is 3. The zero-order valence-electron chi connectivity index (χ0n) is 12.8. The van der Waals surface area contributed by atoms with E-state index >= 15 is 0 Å². The second kappa shape index (κ2) is 5.66. The first-order valence-electron chi connectivity index (χ1n) is 7.60. The van der Waals surface area contributed by atoms with Crippen LogP contribution in [-0.4, -0.2) is 18.2 Å². The van der Waals surface area contributed by atoms with Crippen LogP contribution in [0.2, 0.25) is 19.6 Å². The lowest BCUT2D eigenvalue weighted by Gasteiger charge is -2.37. The first-order valence-corrected chi connectivity index (χ1v) is 11.9. The van der Waals surface area contributed by atoms with Crippen molar-refractivity contribution in [2.24, 2.45) is 0 Å². The summed E-state index contributed by atoms with van der Waals surface area (Å²) in [5.41, 5.74) is 1.27. The summed E-state index contributed by atoms with van der Waals surface area (Å²) in [7, 11) is -1.70. The summed E-state index contributed by atoms with van der Waals surface area (Å²) in [6.07, 6.45) is 7.94. The van der Waals surface area contributed by atoms with E-state index in [0.29, 0.717) is 0 Å². The summed E-state index contributed by atoms with van der Waals surface area (Å²) < 4.78 is 0. The molecule has 0 fully saturated rings. The normalized spacial score (nSPS) is 18.4. The van der Waals surface area contributed by atoms with E-state index in [1.54, 1.807) is 11.3 Å². The molecule has 1 aliphatic carbocycles. The highest BCUT2D eigenvalue weighted by atomic mass is 32.1. The molecule has 4 heteroatoms. The molecule has 1 N–H and O–H groups in total.